The Hall–Kier alpha value is -1.74. The molecule has 3 rings (SSSR count). The Morgan fingerprint density at radius 2 is 2.20 bits per heavy atom. The molecule has 0 aromatic carbocycles. The fourth-order valence-electron chi connectivity index (χ4n) is 3.19. The van der Waals surface area contributed by atoms with Gasteiger partial charge in [-0.1, -0.05) is 6.92 Å². The maximum atomic E-state index is 13.6. The molecule has 2 aliphatic heterocycles. The molecule has 0 saturated carbocycles. The van der Waals surface area contributed by atoms with Crippen molar-refractivity contribution in [3.05, 3.63) is 29.8 Å². The number of rotatable bonds is 2. The molecular weight excluding hydrogens is 344 g/mol. The van der Waals surface area contributed by atoms with E-state index in [1.165, 1.54) is 6.20 Å². The van der Waals surface area contributed by atoms with Crippen molar-refractivity contribution in [2.45, 2.75) is 38.1 Å². The van der Waals surface area contributed by atoms with Crippen LogP contribution in [0.4, 0.5) is 17.6 Å². The van der Waals surface area contributed by atoms with Gasteiger partial charge in [0.1, 0.15) is 5.82 Å². The van der Waals surface area contributed by atoms with Gasteiger partial charge in [-0.3, -0.25) is 9.88 Å². The van der Waals surface area contributed by atoms with Crippen molar-refractivity contribution in [1.82, 2.24) is 9.88 Å². The molecule has 2 fully saturated rings. The minimum absolute atomic E-state index is 0.0446. The predicted octanol–water partition coefficient (Wildman–Crippen LogP) is 2.85. The van der Waals surface area contributed by atoms with Crippen LogP contribution in [0.2, 0.25) is 0 Å². The Balaban J connectivity index is 0.000000277. The normalized spacial score (nSPS) is 26.5. The van der Waals surface area contributed by atoms with Gasteiger partial charge in [0, 0.05) is 31.4 Å². The first-order valence-corrected chi connectivity index (χ1v) is 7.86. The largest absolute Gasteiger partial charge is 0.490 e. The van der Waals surface area contributed by atoms with Crippen LogP contribution in [-0.2, 0) is 16.1 Å². The molecule has 2 unspecified atom stereocenters. The van der Waals surface area contributed by atoms with Crippen LogP contribution in [0, 0.1) is 11.7 Å². The number of hydrogen-bond donors (Lipinski definition) is 1. The van der Waals surface area contributed by atoms with Gasteiger partial charge in [-0.15, -0.1) is 0 Å². The highest BCUT2D eigenvalue weighted by atomic mass is 19.4. The minimum Gasteiger partial charge on any atom is -0.475 e. The van der Waals surface area contributed by atoms with Gasteiger partial charge in [0.2, 0.25) is 0 Å². The number of carbonyl (C=O) groups is 1. The van der Waals surface area contributed by atoms with E-state index in [4.69, 9.17) is 14.6 Å². The second-order valence-electron chi connectivity index (χ2n) is 6.53. The zero-order valence-electron chi connectivity index (χ0n) is 13.7. The van der Waals surface area contributed by atoms with E-state index in [9.17, 15) is 17.6 Å². The Labute approximate surface area is 142 Å². The number of carboxylic acids is 1. The molecule has 0 aliphatic carbocycles. The van der Waals surface area contributed by atoms with Crippen LogP contribution in [0.15, 0.2) is 18.5 Å². The summed E-state index contributed by atoms with van der Waals surface area (Å²) in [6, 6.07) is 1.76. The number of alkyl halides is 3. The molecular formula is C16H20F4N2O3. The molecule has 25 heavy (non-hydrogen) atoms. The van der Waals surface area contributed by atoms with Gasteiger partial charge < -0.3 is 9.84 Å². The number of nitrogens with zero attached hydrogens (tertiary/aromatic N) is 2. The fraction of sp³-hybridized carbons (Fsp3) is 0.625. The first-order valence-electron chi connectivity index (χ1n) is 7.86. The lowest BCUT2D eigenvalue weighted by Gasteiger charge is -2.23. The van der Waals surface area contributed by atoms with E-state index in [1.54, 1.807) is 12.3 Å². The molecule has 0 amide bonds. The average Bonchev–Trinajstić information content (AvgIpc) is 3.07. The van der Waals surface area contributed by atoms with Crippen molar-refractivity contribution in [2.24, 2.45) is 5.92 Å². The van der Waals surface area contributed by atoms with E-state index < -0.39 is 12.1 Å². The molecule has 1 aromatic heterocycles. The lowest BCUT2D eigenvalue weighted by Crippen LogP contribution is -2.32. The lowest BCUT2D eigenvalue weighted by molar-refractivity contribution is -0.192. The van der Waals surface area contributed by atoms with Gasteiger partial charge in [-0.05, 0) is 24.8 Å². The summed E-state index contributed by atoms with van der Waals surface area (Å²) in [5, 5.41) is 7.12. The van der Waals surface area contributed by atoms with Gasteiger partial charge in [-0.25, -0.2) is 9.18 Å². The van der Waals surface area contributed by atoms with Crippen molar-refractivity contribution < 1.29 is 32.2 Å². The van der Waals surface area contributed by atoms with Crippen LogP contribution >= 0.6 is 0 Å². The Morgan fingerprint density at radius 1 is 1.52 bits per heavy atom. The first-order chi connectivity index (χ1) is 11.6. The Bertz CT molecular complexity index is 611. The number of likely N-dealkylation sites (tertiary alicyclic amines) is 1. The summed E-state index contributed by atoms with van der Waals surface area (Å²) in [6.45, 7) is 5.69. The second kappa shape index (κ2) is 7.65. The van der Waals surface area contributed by atoms with E-state index in [-0.39, 0.29) is 11.4 Å². The number of halogens is 4. The standard InChI is InChI=1S/C14H19FN2O.C2HF3O2/c1-11-6-14(18-9-11)3-5-17(10-14)8-12-2-4-16-7-13(12)15;3-2(4,5)1(6)7/h2,4,7,11H,3,5-6,8-10H2,1H3;(H,6,7). The van der Waals surface area contributed by atoms with Crippen LogP contribution in [0.25, 0.3) is 0 Å². The third-order valence-corrected chi connectivity index (χ3v) is 4.28. The van der Waals surface area contributed by atoms with Crippen molar-refractivity contribution in [2.75, 3.05) is 19.7 Å². The molecule has 1 spiro atoms. The van der Waals surface area contributed by atoms with E-state index in [1.807, 2.05) is 0 Å². The molecule has 2 saturated heterocycles. The highest BCUT2D eigenvalue weighted by Crippen LogP contribution is 2.38. The van der Waals surface area contributed by atoms with E-state index in [0.717, 1.165) is 38.1 Å². The molecule has 5 nitrogen and oxygen atoms in total. The van der Waals surface area contributed by atoms with Gasteiger partial charge in [0.05, 0.1) is 18.4 Å². The van der Waals surface area contributed by atoms with Crippen LogP contribution in [0.3, 0.4) is 0 Å². The Morgan fingerprint density at radius 3 is 2.72 bits per heavy atom. The molecule has 2 atom stereocenters. The maximum Gasteiger partial charge on any atom is 0.490 e. The van der Waals surface area contributed by atoms with Crippen molar-refractivity contribution in [3.63, 3.8) is 0 Å². The third kappa shape index (κ3) is 5.37. The van der Waals surface area contributed by atoms with Gasteiger partial charge in [0.25, 0.3) is 0 Å². The quantitative estimate of drug-likeness (QED) is 0.818. The maximum absolute atomic E-state index is 13.6. The molecule has 1 N–H and O–H groups in total. The molecule has 9 heteroatoms. The van der Waals surface area contributed by atoms with Crippen LogP contribution < -0.4 is 0 Å². The molecule has 2 aliphatic rings. The zero-order chi connectivity index (χ0) is 18.7. The topological polar surface area (TPSA) is 62.7 Å². The average molecular weight is 364 g/mol. The summed E-state index contributed by atoms with van der Waals surface area (Å²) in [6.07, 6.45) is 0.0695. The molecule has 0 bridgehead atoms. The lowest BCUT2D eigenvalue weighted by atomic mass is 9.94. The zero-order valence-corrected chi connectivity index (χ0v) is 13.7. The summed E-state index contributed by atoms with van der Waals surface area (Å²) >= 11 is 0. The van der Waals surface area contributed by atoms with Crippen LogP contribution in [-0.4, -0.2) is 52.4 Å². The second-order valence-corrected chi connectivity index (χ2v) is 6.53. The predicted molar refractivity (Wildman–Crippen MR) is 80.2 cm³/mol. The van der Waals surface area contributed by atoms with Crippen molar-refractivity contribution >= 4 is 5.97 Å². The Kier molecular flexibility index (Phi) is 5.99. The van der Waals surface area contributed by atoms with Gasteiger partial charge >= 0.3 is 12.1 Å². The number of ether oxygens (including phenoxy) is 1. The summed E-state index contributed by atoms with van der Waals surface area (Å²) in [7, 11) is 0. The number of carboxylic acid groups (broad SMARTS) is 1. The number of hydrogen-bond acceptors (Lipinski definition) is 4. The van der Waals surface area contributed by atoms with Gasteiger partial charge in [0.15, 0.2) is 0 Å². The monoisotopic (exact) mass is 364 g/mol. The number of pyridine rings is 1. The third-order valence-electron chi connectivity index (χ3n) is 4.28. The number of aliphatic carboxylic acids is 1. The van der Waals surface area contributed by atoms with Crippen LogP contribution in [0.1, 0.15) is 25.3 Å². The summed E-state index contributed by atoms with van der Waals surface area (Å²) < 4.78 is 51.3. The highest BCUT2D eigenvalue weighted by molar-refractivity contribution is 5.73. The first kappa shape index (κ1) is 19.6. The van der Waals surface area contributed by atoms with Crippen molar-refractivity contribution in [3.8, 4) is 0 Å². The van der Waals surface area contributed by atoms with Crippen molar-refractivity contribution in [1.29, 1.82) is 0 Å². The van der Waals surface area contributed by atoms with Gasteiger partial charge in [-0.2, -0.15) is 13.2 Å². The van der Waals surface area contributed by atoms with E-state index in [0.29, 0.717) is 12.5 Å². The summed E-state index contributed by atoms with van der Waals surface area (Å²) in [4.78, 5) is 15.0. The smallest absolute Gasteiger partial charge is 0.475 e. The summed E-state index contributed by atoms with van der Waals surface area (Å²) in [5.41, 5.74) is 0.774. The fourth-order valence-corrected chi connectivity index (χ4v) is 3.19. The minimum atomic E-state index is -5.08. The molecule has 0 radical (unpaired) electrons. The van der Waals surface area contributed by atoms with Crippen LogP contribution in [0.5, 0.6) is 0 Å². The number of aromatic nitrogens is 1. The molecule has 140 valence electrons. The SMILES string of the molecule is CC1COC2(CCN(Cc3ccncc3F)C2)C1.O=C(O)C(F)(F)F. The molecule has 3 heterocycles. The summed E-state index contributed by atoms with van der Waals surface area (Å²) in [5.74, 6) is -2.31. The van der Waals surface area contributed by atoms with E-state index >= 15 is 0 Å². The highest BCUT2D eigenvalue weighted by Gasteiger charge is 2.44. The van der Waals surface area contributed by atoms with E-state index in [2.05, 4.69) is 16.8 Å². The molecule has 1 aromatic rings.